The van der Waals surface area contributed by atoms with Gasteiger partial charge < -0.3 is 9.64 Å². The Labute approximate surface area is 94.5 Å². The molecule has 1 fully saturated rings. The van der Waals surface area contributed by atoms with E-state index in [0.29, 0.717) is 17.6 Å². The Morgan fingerprint density at radius 2 is 2.00 bits per heavy atom. The maximum absolute atomic E-state index is 10.5. The van der Waals surface area contributed by atoms with E-state index in [1.807, 2.05) is 7.05 Å². The fourth-order valence-electron chi connectivity index (χ4n) is 1.81. The van der Waals surface area contributed by atoms with Gasteiger partial charge in [0.1, 0.15) is 0 Å². The summed E-state index contributed by atoms with van der Waals surface area (Å²) >= 11 is 0. The molecule has 1 aromatic heterocycles. The highest BCUT2D eigenvalue weighted by atomic mass is 16.5. The van der Waals surface area contributed by atoms with Crippen molar-refractivity contribution in [1.29, 1.82) is 0 Å². The minimum absolute atomic E-state index is 0.427. The first-order valence-electron chi connectivity index (χ1n) is 5.39. The summed E-state index contributed by atoms with van der Waals surface area (Å²) in [6, 6.07) is 0.427. The molecular weight excluding hydrogens is 206 g/mol. The van der Waals surface area contributed by atoms with Crippen LogP contribution in [-0.4, -0.2) is 42.6 Å². The third-order valence-electron chi connectivity index (χ3n) is 2.85. The minimum Gasteiger partial charge on any atom is -0.381 e. The zero-order chi connectivity index (χ0) is 11.4. The van der Waals surface area contributed by atoms with Gasteiger partial charge in [0.05, 0.1) is 5.56 Å². The molecule has 0 radical (unpaired) electrons. The van der Waals surface area contributed by atoms with Gasteiger partial charge in [0, 0.05) is 38.7 Å². The molecule has 2 rings (SSSR count). The van der Waals surface area contributed by atoms with E-state index in [1.54, 1.807) is 12.4 Å². The minimum atomic E-state index is 0.427. The fourth-order valence-corrected chi connectivity index (χ4v) is 1.81. The number of carbonyl (C=O) groups is 1. The maximum atomic E-state index is 10.5. The first-order valence-corrected chi connectivity index (χ1v) is 5.39. The first-order chi connectivity index (χ1) is 7.81. The molecule has 0 atom stereocenters. The number of rotatable bonds is 3. The van der Waals surface area contributed by atoms with Crippen molar-refractivity contribution in [2.75, 3.05) is 25.2 Å². The summed E-state index contributed by atoms with van der Waals surface area (Å²) in [4.78, 5) is 20.9. The van der Waals surface area contributed by atoms with Crippen molar-refractivity contribution in [3.8, 4) is 0 Å². The molecule has 1 aliphatic rings. The first kappa shape index (κ1) is 11.0. The summed E-state index contributed by atoms with van der Waals surface area (Å²) in [5.74, 6) is 0.664. The third kappa shape index (κ3) is 2.36. The molecule has 0 bridgehead atoms. The lowest BCUT2D eigenvalue weighted by Gasteiger charge is -2.31. The van der Waals surface area contributed by atoms with E-state index in [-0.39, 0.29) is 0 Å². The van der Waals surface area contributed by atoms with E-state index in [9.17, 15) is 4.79 Å². The van der Waals surface area contributed by atoms with Crippen LogP contribution < -0.4 is 4.90 Å². The Balaban J connectivity index is 2.06. The number of nitrogens with zero attached hydrogens (tertiary/aromatic N) is 3. The van der Waals surface area contributed by atoms with Gasteiger partial charge >= 0.3 is 0 Å². The molecular formula is C11H15N3O2. The molecule has 86 valence electrons. The molecule has 0 aromatic carbocycles. The van der Waals surface area contributed by atoms with Crippen LogP contribution in [0.5, 0.6) is 0 Å². The summed E-state index contributed by atoms with van der Waals surface area (Å²) in [5.41, 5.74) is 0.504. The van der Waals surface area contributed by atoms with Gasteiger partial charge in [-0.2, -0.15) is 0 Å². The molecule has 16 heavy (non-hydrogen) atoms. The normalized spacial score (nSPS) is 17.1. The second kappa shape index (κ2) is 5.03. The van der Waals surface area contributed by atoms with Gasteiger partial charge in [0.25, 0.3) is 0 Å². The summed E-state index contributed by atoms with van der Waals surface area (Å²) in [7, 11) is 1.98. The van der Waals surface area contributed by atoms with Crippen LogP contribution in [0.3, 0.4) is 0 Å². The van der Waals surface area contributed by atoms with Crippen LogP contribution in [0.2, 0.25) is 0 Å². The number of anilines is 1. The van der Waals surface area contributed by atoms with Crippen LogP contribution in [0, 0.1) is 0 Å². The van der Waals surface area contributed by atoms with Crippen LogP contribution in [0.4, 0.5) is 5.95 Å². The monoisotopic (exact) mass is 221 g/mol. The smallest absolute Gasteiger partial charge is 0.225 e. The number of ether oxygens (including phenoxy) is 1. The lowest BCUT2D eigenvalue weighted by Crippen LogP contribution is -2.37. The van der Waals surface area contributed by atoms with Gasteiger partial charge in [-0.25, -0.2) is 9.97 Å². The Bertz CT molecular complexity index is 347. The highest BCUT2D eigenvalue weighted by Gasteiger charge is 2.20. The zero-order valence-corrected chi connectivity index (χ0v) is 9.30. The molecule has 1 saturated heterocycles. The van der Waals surface area contributed by atoms with E-state index in [1.165, 1.54) is 0 Å². The largest absolute Gasteiger partial charge is 0.381 e. The lowest BCUT2D eigenvalue weighted by molar-refractivity contribution is 0.0852. The quantitative estimate of drug-likeness (QED) is 0.710. The second-order valence-corrected chi connectivity index (χ2v) is 3.89. The van der Waals surface area contributed by atoms with E-state index < -0.39 is 0 Å². The van der Waals surface area contributed by atoms with Gasteiger partial charge in [-0.3, -0.25) is 4.79 Å². The Morgan fingerprint density at radius 3 is 2.56 bits per heavy atom. The van der Waals surface area contributed by atoms with Gasteiger partial charge in [0.2, 0.25) is 5.95 Å². The number of hydrogen-bond acceptors (Lipinski definition) is 5. The molecule has 5 nitrogen and oxygen atoms in total. The van der Waals surface area contributed by atoms with Crippen molar-refractivity contribution in [1.82, 2.24) is 9.97 Å². The standard InChI is InChI=1S/C11H15N3O2/c1-14(10-2-4-16-5-3-10)11-12-6-9(8-15)7-13-11/h6-8,10H,2-5H2,1H3. The Morgan fingerprint density at radius 1 is 1.38 bits per heavy atom. The average Bonchev–Trinajstić information content (AvgIpc) is 2.39. The van der Waals surface area contributed by atoms with Crippen molar-refractivity contribution < 1.29 is 9.53 Å². The van der Waals surface area contributed by atoms with E-state index >= 15 is 0 Å². The predicted molar refractivity (Wildman–Crippen MR) is 59.7 cm³/mol. The topological polar surface area (TPSA) is 55.3 Å². The summed E-state index contributed by atoms with van der Waals surface area (Å²) in [6.07, 6.45) is 5.83. The van der Waals surface area contributed by atoms with Crippen molar-refractivity contribution in [2.45, 2.75) is 18.9 Å². The summed E-state index contributed by atoms with van der Waals surface area (Å²) in [5, 5.41) is 0. The van der Waals surface area contributed by atoms with Gasteiger partial charge in [-0.1, -0.05) is 0 Å². The van der Waals surface area contributed by atoms with Gasteiger partial charge in [-0.15, -0.1) is 0 Å². The van der Waals surface area contributed by atoms with E-state index in [0.717, 1.165) is 32.3 Å². The van der Waals surface area contributed by atoms with E-state index in [4.69, 9.17) is 4.74 Å². The molecule has 1 aromatic rings. The van der Waals surface area contributed by atoms with Crippen molar-refractivity contribution >= 4 is 12.2 Å². The molecule has 1 aliphatic heterocycles. The highest BCUT2D eigenvalue weighted by Crippen LogP contribution is 2.17. The van der Waals surface area contributed by atoms with Crippen LogP contribution in [0.15, 0.2) is 12.4 Å². The van der Waals surface area contributed by atoms with Gasteiger partial charge in [-0.05, 0) is 12.8 Å². The zero-order valence-electron chi connectivity index (χ0n) is 9.30. The molecule has 0 unspecified atom stereocenters. The van der Waals surface area contributed by atoms with Crippen LogP contribution >= 0.6 is 0 Å². The molecule has 0 saturated carbocycles. The molecule has 0 amide bonds. The number of aromatic nitrogens is 2. The molecule has 2 heterocycles. The molecule has 0 spiro atoms. The molecule has 5 heteroatoms. The average molecular weight is 221 g/mol. The third-order valence-corrected chi connectivity index (χ3v) is 2.85. The number of carbonyl (C=O) groups excluding carboxylic acids is 1. The summed E-state index contributed by atoms with van der Waals surface area (Å²) in [6.45, 7) is 1.59. The van der Waals surface area contributed by atoms with Crippen molar-refractivity contribution in [2.24, 2.45) is 0 Å². The number of aldehydes is 1. The SMILES string of the molecule is CN(c1ncc(C=O)cn1)C1CCOCC1. The van der Waals surface area contributed by atoms with Crippen molar-refractivity contribution in [3.63, 3.8) is 0 Å². The lowest BCUT2D eigenvalue weighted by atomic mass is 10.1. The second-order valence-electron chi connectivity index (χ2n) is 3.89. The van der Waals surface area contributed by atoms with Crippen LogP contribution in [0.1, 0.15) is 23.2 Å². The highest BCUT2D eigenvalue weighted by molar-refractivity contribution is 5.73. The van der Waals surface area contributed by atoms with Crippen molar-refractivity contribution in [3.05, 3.63) is 18.0 Å². The van der Waals surface area contributed by atoms with Gasteiger partial charge in [0.15, 0.2) is 6.29 Å². The van der Waals surface area contributed by atoms with Crippen LogP contribution in [0.25, 0.3) is 0 Å². The number of hydrogen-bond donors (Lipinski definition) is 0. The predicted octanol–water partition coefficient (Wildman–Crippen LogP) is 0.904. The van der Waals surface area contributed by atoms with Crippen LogP contribution in [-0.2, 0) is 4.74 Å². The Hall–Kier alpha value is -1.49. The fraction of sp³-hybridized carbons (Fsp3) is 0.545. The molecule has 0 aliphatic carbocycles. The Kier molecular flexibility index (Phi) is 3.46. The molecule has 0 N–H and O–H groups in total. The maximum Gasteiger partial charge on any atom is 0.225 e. The van der Waals surface area contributed by atoms with E-state index in [2.05, 4.69) is 14.9 Å². The summed E-state index contributed by atoms with van der Waals surface area (Å²) < 4.78 is 5.31.